The van der Waals surface area contributed by atoms with Crippen LogP contribution in [0.25, 0.3) is 0 Å². The number of phenolic OH excluding ortho intramolecular Hbond substituents is 2. The van der Waals surface area contributed by atoms with Crippen LogP contribution in [-0.2, 0) is 67.2 Å². The van der Waals surface area contributed by atoms with Crippen LogP contribution in [0.5, 0.6) is 11.5 Å². The van der Waals surface area contributed by atoms with Crippen molar-refractivity contribution in [2.45, 2.75) is 147 Å². The lowest BCUT2D eigenvalue weighted by Crippen LogP contribution is -2.60. The van der Waals surface area contributed by atoms with Gasteiger partial charge < -0.3 is 79.6 Å². The molecular weight excluding hydrogens is 1030 g/mol. The van der Waals surface area contributed by atoms with Crippen molar-refractivity contribution < 1.29 is 63.3 Å². The summed E-state index contributed by atoms with van der Waals surface area (Å²) in [6.07, 6.45) is 3.36. The van der Waals surface area contributed by atoms with Gasteiger partial charge in [-0.2, -0.15) is 0 Å². The zero-order chi connectivity index (χ0) is 58.3. The summed E-state index contributed by atoms with van der Waals surface area (Å²) in [7, 11) is 0. The number of aromatic amines is 1. The third-order valence-electron chi connectivity index (χ3n) is 13.1. The average molecular weight is 1100 g/mol. The molecule has 432 valence electrons. The molecule has 1 aliphatic rings. The number of H-pyrrole nitrogens is 1. The van der Waals surface area contributed by atoms with E-state index in [9.17, 15) is 63.3 Å². The van der Waals surface area contributed by atoms with Gasteiger partial charge in [-0.15, -0.1) is 0 Å². The number of primary amides is 1. The number of likely N-dealkylation sites (tertiary alicyclic amines) is 1. The molecule has 0 aliphatic carbocycles. The van der Waals surface area contributed by atoms with Crippen molar-refractivity contribution in [1.29, 1.82) is 0 Å². The summed E-state index contributed by atoms with van der Waals surface area (Å²) in [6.45, 7) is 6.62. The van der Waals surface area contributed by atoms with E-state index in [1.165, 1.54) is 53.8 Å². The zero-order valence-electron chi connectivity index (χ0n) is 45.0. The Morgan fingerprint density at radius 3 is 1.82 bits per heavy atom. The van der Waals surface area contributed by atoms with Crippen LogP contribution in [0.4, 0.5) is 0 Å². The molecule has 1 fully saturated rings. The highest BCUT2D eigenvalue weighted by molar-refractivity contribution is 5.98. The van der Waals surface area contributed by atoms with Crippen molar-refractivity contribution in [1.82, 2.24) is 52.1 Å². The number of unbranched alkanes of at least 4 members (excludes halogenated alkanes) is 1. The second-order valence-electron chi connectivity index (χ2n) is 20.4. The Bertz CT molecular complexity index is 2550. The summed E-state index contributed by atoms with van der Waals surface area (Å²) >= 11 is 0. The Labute approximate surface area is 457 Å². The average Bonchev–Trinajstić information content (AvgIpc) is 4.13. The Hall–Kier alpha value is -8.13. The van der Waals surface area contributed by atoms with E-state index in [0.717, 1.165) is 0 Å². The predicted molar refractivity (Wildman–Crippen MR) is 286 cm³/mol. The Balaban J connectivity index is 1.55. The molecule has 8 atom stereocenters. The van der Waals surface area contributed by atoms with Gasteiger partial charge in [0.05, 0.1) is 18.9 Å². The number of aliphatic carboxylic acids is 1. The van der Waals surface area contributed by atoms with Gasteiger partial charge in [-0.25, -0.2) is 9.78 Å². The smallest absolute Gasteiger partial charge is 0.326 e. The number of carboxylic acids is 1. The second-order valence-corrected chi connectivity index (χ2v) is 20.4. The van der Waals surface area contributed by atoms with Gasteiger partial charge in [0.1, 0.15) is 53.8 Å². The number of hydrogen-bond acceptors (Lipinski definition) is 15. The normalized spacial score (nSPS) is 15.8. The quantitative estimate of drug-likeness (QED) is 0.0312. The number of aromatic nitrogens is 2. The van der Waals surface area contributed by atoms with E-state index in [0.29, 0.717) is 42.6 Å². The number of imidazole rings is 1. The second kappa shape index (κ2) is 31.3. The molecule has 0 bridgehead atoms. The molecular formula is C53H77N13O13. The maximum atomic E-state index is 14.7. The van der Waals surface area contributed by atoms with Crippen LogP contribution >= 0.6 is 0 Å². The molecule has 26 nitrogen and oxygen atoms in total. The van der Waals surface area contributed by atoms with E-state index >= 15 is 0 Å². The van der Waals surface area contributed by atoms with E-state index < -0.39 is 126 Å². The molecule has 2 heterocycles. The van der Waals surface area contributed by atoms with Crippen molar-refractivity contribution in [2.24, 2.45) is 29.0 Å². The van der Waals surface area contributed by atoms with Gasteiger partial charge in [0.2, 0.25) is 53.2 Å². The molecule has 4 rings (SSSR count). The number of carbonyl (C=O) groups is 10. The molecule has 26 heteroatoms. The van der Waals surface area contributed by atoms with E-state index in [-0.39, 0.29) is 68.9 Å². The number of hydrogen-bond donors (Lipinski definition) is 14. The number of nitrogens with one attached hydrogen (secondary N) is 8. The number of carbonyl (C=O) groups excluding carboxylic acids is 9. The van der Waals surface area contributed by atoms with Crippen LogP contribution < -0.4 is 54.4 Å². The number of rotatable bonds is 32. The van der Waals surface area contributed by atoms with Gasteiger partial charge in [-0.3, -0.25) is 43.2 Å². The minimum absolute atomic E-state index is 0.00770. The first-order valence-corrected chi connectivity index (χ1v) is 26.3. The molecule has 0 radical (unpaired) electrons. The van der Waals surface area contributed by atoms with E-state index in [1.807, 2.05) is 13.8 Å². The topological polar surface area (TPSA) is 426 Å². The minimum atomic E-state index is -1.53. The van der Waals surface area contributed by atoms with Crippen LogP contribution in [-0.4, -0.2) is 157 Å². The molecule has 0 saturated carbocycles. The summed E-state index contributed by atoms with van der Waals surface area (Å²) in [5.74, 6) is -8.90. The van der Waals surface area contributed by atoms with Crippen molar-refractivity contribution in [2.75, 3.05) is 19.6 Å². The largest absolute Gasteiger partial charge is 0.508 e. The monoisotopic (exact) mass is 1100 g/mol. The first-order valence-electron chi connectivity index (χ1n) is 26.3. The predicted octanol–water partition coefficient (Wildman–Crippen LogP) is -1.63. The lowest BCUT2D eigenvalue weighted by molar-refractivity contribution is -0.143. The minimum Gasteiger partial charge on any atom is -0.508 e. The third kappa shape index (κ3) is 21.0. The fourth-order valence-electron chi connectivity index (χ4n) is 8.79. The van der Waals surface area contributed by atoms with Crippen LogP contribution in [0.2, 0.25) is 0 Å². The van der Waals surface area contributed by atoms with Crippen LogP contribution in [0.3, 0.4) is 0 Å². The lowest BCUT2D eigenvalue weighted by atomic mass is 10.0. The fourth-order valence-corrected chi connectivity index (χ4v) is 8.79. The van der Waals surface area contributed by atoms with Crippen LogP contribution in [0, 0.1) is 11.8 Å². The summed E-state index contributed by atoms with van der Waals surface area (Å²) in [6, 6.07) is 1.61. The maximum absolute atomic E-state index is 14.7. The molecule has 1 aromatic heterocycles. The van der Waals surface area contributed by atoms with Crippen molar-refractivity contribution in [3.05, 3.63) is 77.9 Å². The number of phenols is 2. The summed E-state index contributed by atoms with van der Waals surface area (Å²) in [5.41, 5.74) is 19.0. The number of benzene rings is 2. The molecule has 2 aromatic carbocycles. The number of nitrogens with zero attached hydrogens (tertiary/aromatic N) is 2. The van der Waals surface area contributed by atoms with Crippen molar-refractivity contribution in [3.8, 4) is 11.5 Å². The highest BCUT2D eigenvalue weighted by atomic mass is 16.4. The summed E-state index contributed by atoms with van der Waals surface area (Å²) < 4.78 is 0. The number of nitrogens with two attached hydrogens (primary N) is 3. The van der Waals surface area contributed by atoms with E-state index in [4.69, 9.17) is 17.2 Å². The maximum Gasteiger partial charge on any atom is 0.326 e. The van der Waals surface area contributed by atoms with Crippen molar-refractivity contribution in [3.63, 3.8) is 0 Å². The van der Waals surface area contributed by atoms with Gasteiger partial charge in [0.15, 0.2) is 0 Å². The van der Waals surface area contributed by atoms with E-state index in [2.05, 4.69) is 47.2 Å². The highest BCUT2D eigenvalue weighted by Crippen LogP contribution is 2.21. The van der Waals surface area contributed by atoms with Crippen LogP contribution in [0.1, 0.15) is 95.9 Å². The van der Waals surface area contributed by atoms with Gasteiger partial charge in [0, 0.05) is 37.7 Å². The fraction of sp³-hybridized carbons (Fsp3) is 0.528. The van der Waals surface area contributed by atoms with Gasteiger partial charge in [-0.1, -0.05) is 52.0 Å². The summed E-state index contributed by atoms with van der Waals surface area (Å²) in [5, 5.41) is 47.3. The Kier molecular flexibility index (Phi) is 25.1. The molecule has 0 spiro atoms. The lowest BCUT2D eigenvalue weighted by Gasteiger charge is -2.31. The first kappa shape index (κ1) is 63.4. The van der Waals surface area contributed by atoms with E-state index in [1.54, 1.807) is 26.0 Å². The number of amides is 9. The Morgan fingerprint density at radius 2 is 1.27 bits per heavy atom. The number of aromatic hydroxyl groups is 2. The van der Waals surface area contributed by atoms with Crippen LogP contribution in [0.15, 0.2) is 61.1 Å². The molecule has 79 heavy (non-hydrogen) atoms. The summed E-state index contributed by atoms with van der Waals surface area (Å²) in [4.78, 5) is 143. The standard InChI is InChI=1S/C53H77N13O13/c1-29(2)22-39(49(74)60-37(8-5-6-20-54)47(72)58-27-44(70)65-45(30(3)4)53(78)79)63-51(76)42-9-7-21-66(42)52(77)41(25-33-26-57-28-59-33)64-48(73)38(18-19-43(56)69)61-50(75)40(24-32-12-16-35(68)17-13-32)62-46(71)36(55)23-31-10-14-34(67)15-11-31/h10-17,26,28-30,36-42,45,67-68H,5-9,18-25,27,54-55H2,1-4H3,(H2,56,69)(H,57,59)(H,58,72)(H,60,74)(H,61,75)(H,62,71)(H,63,76)(H,64,73)(H,65,70)(H,78,79)/t36-,37-,38-,39-,40-,41-,42-,45-/m1/s1. The molecule has 9 amide bonds. The third-order valence-corrected chi connectivity index (χ3v) is 13.1. The molecule has 1 saturated heterocycles. The number of carboxylic acid groups (broad SMARTS) is 1. The SMILES string of the molecule is CC(C)C[C@@H](NC(=O)[C@H]1CCCN1C(=O)[C@@H](Cc1cnc[nH]1)NC(=O)[C@@H](CCC(N)=O)NC(=O)[C@@H](Cc1ccc(O)cc1)NC(=O)[C@H](N)Cc1ccc(O)cc1)C(=O)N[C@H](CCCCN)C(=O)NCC(=O)N[C@@H](C(=O)O)C(C)C. The molecule has 1 aliphatic heterocycles. The molecule has 17 N–H and O–H groups in total. The molecule has 3 aromatic rings. The van der Waals surface area contributed by atoms with Gasteiger partial charge >= 0.3 is 5.97 Å². The zero-order valence-corrected chi connectivity index (χ0v) is 45.0. The highest BCUT2D eigenvalue weighted by Gasteiger charge is 2.41. The van der Waals surface area contributed by atoms with Crippen molar-refractivity contribution >= 4 is 59.1 Å². The van der Waals surface area contributed by atoms with Gasteiger partial charge in [-0.05, 0) is 105 Å². The molecule has 0 unspecified atom stereocenters. The van der Waals surface area contributed by atoms with Gasteiger partial charge in [0.25, 0.3) is 0 Å². The first-order chi connectivity index (χ1) is 37.4. The Morgan fingerprint density at radius 1 is 0.696 bits per heavy atom.